The largest absolute Gasteiger partial charge is 0.431 e. The summed E-state index contributed by atoms with van der Waals surface area (Å²) in [6, 6.07) is 27.2. The number of rotatable bonds is 8. The third-order valence-electron chi connectivity index (χ3n) is 6.24. The zero-order valence-electron chi connectivity index (χ0n) is 20.9. The first-order valence-electron chi connectivity index (χ1n) is 12.2. The maximum atomic E-state index is 12.7. The molecule has 8 nitrogen and oxygen atoms in total. The fourth-order valence-electron chi connectivity index (χ4n) is 4.30. The monoisotopic (exact) mass is 548 g/mol. The van der Waals surface area contributed by atoms with E-state index < -0.39 is 10.0 Å². The van der Waals surface area contributed by atoms with Crippen LogP contribution in [0.3, 0.4) is 0 Å². The van der Waals surface area contributed by atoms with Crippen molar-refractivity contribution in [3.05, 3.63) is 84.9 Å². The Morgan fingerprint density at radius 1 is 0.895 bits per heavy atom. The van der Waals surface area contributed by atoms with Gasteiger partial charge in [-0.1, -0.05) is 72.4 Å². The van der Waals surface area contributed by atoms with Crippen molar-refractivity contribution < 1.29 is 17.6 Å². The summed E-state index contributed by atoms with van der Waals surface area (Å²) in [6.07, 6.45) is 1.24. The lowest BCUT2D eigenvalue weighted by Gasteiger charge is -2.34. The van der Waals surface area contributed by atoms with E-state index in [1.165, 1.54) is 22.3 Å². The van der Waals surface area contributed by atoms with Crippen LogP contribution >= 0.6 is 11.8 Å². The quantitative estimate of drug-likeness (QED) is 0.315. The molecule has 2 heterocycles. The van der Waals surface area contributed by atoms with Gasteiger partial charge in [-0.05, 0) is 24.3 Å². The minimum atomic E-state index is -3.16. The number of sulfonamides is 1. The summed E-state index contributed by atoms with van der Waals surface area (Å²) in [7, 11) is -3.16. The van der Waals surface area contributed by atoms with Crippen LogP contribution in [0.25, 0.3) is 22.6 Å². The molecule has 4 aromatic rings. The van der Waals surface area contributed by atoms with E-state index in [1.54, 1.807) is 0 Å². The van der Waals surface area contributed by atoms with E-state index in [0.29, 0.717) is 42.8 Å². The molecule has 10 heteroatoms. The summed E-state index contributed by atoms with van der Waals surface area (Å²) < 4.78 is 31.0. The van der Waals surface area contributed by atoms with Crippen molar-refractivity contribution in [1.29, 1.82) is 0 Å². The molecule has 0 atom stereocenters. The topological polar surface area (TPSA) is 95.8 Å². The maximum Gasteiger partial charge on any atom is 0.257 e. The highest BCUT2D eigenvalue weighted by molar-refractivity contribution is 7.99. The van der Waals surface area contributed by atoms with Gasteiger partial charge in [0.2, 0.25) is 15.9 Å². The Morgan fingerprint density at radius 3 is 2.11 bits per heavy atom. The molecule has 0 spiro atoms. The van der Waals surface area contributed by atoms with Crippen molar-refractivity contribution in [3.63, 3.8) is 0 Å². The number of nitrogens with one attached hydrogen (secondary N) is 1. The van der Waals surface area contributed by atoms with E-state index in [9.17, 15) is 13.2 Å². The van der Waals surface area contributed by atoms with Crippen LogP contribution < -0.4 is 10.2 Å². The summed E-state index contributed by atoms with van der Waals surface area (Å²) in [5.41, 5.74) is 4.30. The molecule has 1 fully saturated rings. The first-order chi connectivity index (χ1) is 18.4. The van der Waals surface area contributed by atoms with Crippen molar-refractivity contribution in [2.75, 3.05) is 48.4 Å². The molecule has 38 heavy (non-hydrogen) atoms. The third-order valence-corrected chi connectivity index (χ3v) is 8.37. The Bertz CT molecular complexity index is 1430. The molecule has 0 unspecified atom stereocenters. The lowest BCUT2D eigenvalue weighted by molar-refractivity contribution is -0.113. The van der Waals surface area contributed by atoms with Crippen LogP contribution in [-0.2, 0) is 14.8 Å². The molecule has 1 amide bonds. The summed E-state index contributed by atoms with van der Waals surface area (Å²) >= 11 is 1.25. The van der Waals surface area contributed by atoms with Gasteiger partial charge in [0.15, 0.2) is 5.76 Å². The molecule has 1 N–H and O–H groups in total. The van der Waals surface area contributed by atoms with Crippen molar-refractivity contribution in [2.45, 2.75) is 5.22 Å². The average Bonchev–Trinajstić information content (AvgIpc) is 3.37. The zero-order valence-corrected chi connectivity index (χ0v) is 22.5. The lowest BCUT2D eigenvalue weighted by atomic mass is 10.1. The van der Waals surface area contributed by atoms with E-state index in [0.717, 1.165) is 22.5 Å². The van der Waals surface area contributed by atoms with Gasteiger partial charge in [-0.3, -0.25) is 4.79 Å². The van der Waals surface area contributed by atoms with Crippen molar-refractivity contribution >= 4 is 39.1 Å². The standard InChI is InChI=1S/C28H28N4O4S2/c1-38(34,35)32-18-16-31(17-19-32)24-14-12-23(13-15-24)29-25(33)20-37-28-30-26(21-8-4-2-5-9-21)27(36-28)22-10-6-3-7-11-22/h2-15H,16-20H2,1H3,(H,29,33). The Labute approximate surface area is 226 Å². The molecule has 0 bridgehead atoms. The highest BCUT2D eigenvalue weighted by Crippen LogP contribution is 2.35. The number of hydrogen-bond acceptors (Lipinski definition) is 7. The molecule has 1 aromatic heterocycles. The predicted octanol–water partition coefficient (Wildman–Crippen LogP) is 4.82. The summed E-state index contributed by atoms with van der Waals surface area (Å²) in [4.78, 5) is 19.5. The smallest absolute Gasteiger partial charge is 0.257 e. The van der Waals surface area contributed by atoms with Gasteiger partial charge < -0.3 is 14.6 Å². The number of carbonyl (C=O) groups is 1. The van der Waals surface area contributed by atoms with Gasteiger partial charge in [0.25, 0.3) is 5.22 Å². The summed E-state index contributed by atoms with van der Waals surface area (Å²) in [5.74, 6) is 0.663. The minimum Gasteiger partial charge on any atom is -0.431 e. The van der Waals surface area contributed by atoms with Crippen LogP contribution in [0, 0.1) is 0 Å². The number of aromatic nitrogens is 1. The van der Waals surface area contributed by atoms with Gasteiger partial charge in [0.05, 0.1) is 12.0 Å². The second kappa shape index (κ2) is 11.4. The van der Waals surface area contributed by atoms with Crippen LogP contribution in [0.15, 0.2) is 94.6 Å². The molecule has 0 radical (unpaired) electrons. The number of benzene rings is 3. The van der Waals surface area contributed by atoms with Crippen LogP contribution in [0.1, 0.15) is 0 Å². The van der Waals surface area contributed by atoms with E-state index in [1.807, 2.05) is 84.9 Å². The number of piperazine rings is 1. The average molecular weight is 549 g/mol. The molecule has 1 aliphatic heterocycles. The normalized spacial score (nSPS) is 14.4. The SMILES string of the molecule is CS(=O)(=O)N1CCN(c2ccc(NC(=O)CSc3nc(-c4ccccc4)c(-c4ccccc4)o3)cc2)CC1. The second-order valence-electron chi connectivity index (χ2n) is 8.92. The first kappa shape index (κ1) is 26.0. The third kappa shape index (κ3) is 6.27. The van der Waals surface area contributed by atoms with Crippen molar-refractivity contribution in [3.8, 4) is 22.6 Å². The Morgan fingerprint density at radius 2 is 1.50 bits per heavy atom. The number of amides is 1. The van der Waals surface area contributed by atoms with Crippen LogP contribution in [0.4, 0.5) is 11.4 Å². The molecule has 0 aliphatic carbocycles. The molecule has 5 rings (SSSR count). The van der Waals surface area contributed by atoms with Crippen LogP contribution in [-0.4, -0.2) is 61.8 Å². The van der Waals surface area contributed by atoms with Gasteiger partial charge in [-0.2, -0.15) is 4.31 Å². The predicted molar refractivity (Wildman–Crippen MR) is 152 cm³/mol. The van der Waals surface area contributed by atoms with Gasteiger partial charge in [-0.25, -0.2) is 13.4 Å². The van der Waals surface area contributed by atoms with Crippen molar-refractivity contribution in [1.82, 2.24) is 9.29 Å². The number of oxazole rings is 1. The Balaban J connectivity index is 1.20. The Kier molecular flexibility index (Phi) is 7.82. The number of nitrogens with zero attached hydrogens (tertiary/aromatic N) is 3. The van der Waals surface area contributed by atoms with Gasteiger partial charge in [0.1, 0.15) is 5.69 Å². The summed E-state index contributed by atoms with van der Waals surface area (Å²) in [6.45, 7) is 2.18. The fraction of sp³-hybridized carbons (Fsp3) is 0.214. The highest BCUT2D eigenvalue weighted by Gasteiger charge is 2.23. The molecule has 0 saturated carbocycles. The Hall–Kier alpha value is -3.60. The number of anilines is 2. The second-order valence-corrected chi connectivity index (χ2v) is 11.8. The number of hydrogen-bond donors (Lipinski definition) is 1. The molecule has 1 saturated heterocycles. The number of thioether (sulfide) groups is 1. The van der Waals surface area contributed by atoms with Crippen LogP contribution in [0.2, 0.25) is 0 Å². The zero-order chi connectivity index (χ0) is 26.5. The maximum absolute atomic E-state index is 12.7. The summed E-state index contributed by atoms with van der Waals surface area (Å²) in [5, 5.41) is 3.35. The molecular weight excluding hydrogens is 520 g/mol. The van der Waals surface area contributed by atoms with Gasteiger partial charge in [-0.15, -0.1) is 0 Å². The van der Waals surface area contributed by atoms with E-state index in [-0.39, 0.29) is 11.7 Å². The van der Waals surface area contributed by atoms with Gasteiger partial charge in [0, 0.05) is 48.7 Å². The molecular formula is C28H28N4O4S2. The number of carbonyl (C=O) groups excluding carboxylic acids is 1. The molecule has 196 valence electrons. The fourth-order valence-corrected chi connectivity index (χ4v) is 5.75. The highest BCUT2D eigenvalue weighted by atomic mass is 32.2. The molecule has 1 aliphatic rings. The van der Waals surface area contributed by atoms with E-state index in [2.05, 4.69) is 15.2 Å². The minimum absolute atomic E-state index is 0.151. The molecule has 3 aromatic carbocycles. The lowest BCUT2D eigenvalue weighted by Crippen LogP contribution is -2.48. The first-order valence-corrected chi connectivity index (χ1v) is 15.0. The van der Waals surface area contributed by atoms with E-state index >= 15 is 0 Å². The van der Waals surface area contributed by atoms with Gasteiger partial charge >= 0.3 is 0 Å². The van der Waals surface area contributed by atoms with Crippen molar-refractivity contribution in [2.24, 2.45) is 0 Å². The van der Waals surface area contributed by atoms with Crippen LogP contribution in [0.5, 0.6) is 0 Å². The van der Waals surface area contributed by atoms with E-state index in [4.69, 9.17) is 4.42 Å².